The number of benzene rings is 2. The molecule has 0 spiro atoms. The zero-order chi connectivity index (χ0) is 24.0. The van der Waals surface area contributed by atoms with Crippen LogP contribution in [0, 0.1) is 5.82 Å². The summed E-state index contributed by atoms with van der Waals surface area (Å²) in [6.07, 6.45) is 0.273. The first kappa shape index (κ1) is 24.9. The predicted molar refractivity (Wildman–Crippen MR) is 118 cm³/mol. The van der Waals surface area contributed by atoms with Crippen molar-refractivity contribution in [3.05, 3.63) is 58.9 Å². The molecule has 2 amide bonds. The first-order valence-corrected chi connectivity index (χ1v) is 12.0. The van der Waals surface area contributed by atoms with E-state index in [4.69, 9.17) is 21.1 Å². The number of hydrogen-bond acceptors (Lipinski definition) is 6. The van der Waals surface area contributed by atoms with Crippen LogP contribution in [0.5, 0.6) is 5.75 Å². The molecule has 1 aliphatic rings. The van der Waals surface area contributed by atoms with Gasteiger partial charge in [0.1, 0.15) is 4.90 Å². The zero-order valence-corrected chi connectivity index (χ0v) is 19.2. The van der Waals surface area contributed by atoms with E-state index >= 15 is 0 Å². The number of para-hydroxylation sites is 1. The van der Waals surface area contributed by atoms with Crippen molar-refractivity contribution in [3.8, 4) is 5.75 Å². The van der Waals surface area contributed by atoms with E-state index in [2.05, 4.69) is 15.6 Å². The number of nitrogens with one attached hydrogen (secondary N) is 3. The van der Waals surface area contributed by atoms with Crippen LogP contribution in [0.25, 0.3) is 0 Å². The summed E-state index contributed by atoms with van der Waals surface area (Å²) in [6.45, 7) is 2.05. The monoisotopic (exact) mass is 499 g/mol. The molecule has 1 saturated heterocycles. The van der Waals surface area contributed by atoms with Crippen LogP contribution in [-0.4, -0.2) is 45.6 Å². The van der Waals surface area contributed by atoms with Gasteiger partial charge in [0, 0.05) is 18.7 Å². The molecule has 1 heterocycles. The zero-order valence-electron chi connectivity index (χ0n) is 17.6. The fourth-order valence-electron chi connectivity index (χ4n) is 3.01. The molecule has 3 N–H and O–H groups in total. The predicted octanol–water partition coefficient (Wildman–Crippen LogP) is 2.16. The van der Waals surface area contributed by atoms with Gasteiger partial charge in [0.2, 0.25) is 10.0 Å². The first-order chi connectivity index (χ1) is 15.7. The van der Waals surface area contributed by atoms with Gasteiger partial charge in [0.15, 0.2) is 17.7 Å². The van der Waals surface area contributed by atoms with Crippen molar-refractivity contribution in [2.75, 3.05) is 13.2 Å². The summed E-state index contributed by atoms with van der Waals surface area (Å²) in [4.78, 5) is 24.3. The molecule has 12 heteroatoms. The van der Waals surface area contributed by atoms with Crippen LogP contribution in [0.2, 0.25) is 5.02 Å². The summed E-state index contributed by atoms with van der Waals surface area (Å²) in [5.74, 6) is -2.28. The molecule has 178 valence electrons. The summed E-state index contributed by atoms with van der Waals surface area (Å²) in [7, 11) is -4.00. The van der Waals surface area contributed by atoms with Gasteiger partial charge in [-0.25, -0.2) is 17.5 Å². The lowest BCUT2D eigenvalue weighted by molar-refractivity contribution is -0.128. The highest BCUT2D eigenvalue weighted by molar-refractivity contribution is 7.89. The topological polar surface area (TPSA) is 123 Å². The van der Waals surface area contributed by atoms with Crippen LogP contribution in [0.15, 0.2) is 47.4 Å². The van der Waals surface area contributed by atoms with Gasteiger partial charge in [-0.3, -0.25) is 20.4 Å². The lowest BCUT2D eigenvalue weighted by atomic mass is 10.2. The maximum Gasteiger partial charge on any atom is 0.279 e. The highest BCUT2D eigenvalue weighted by Gasteiger charge is 2.24. The SMILES string of the molecule is CC(Oc1ccccc1F)C(=O)NNC(=O)c1ccc(Cl)c(S(=O)(=O)NCC2CCCO2)c1. The van der Waals surface area contributed by atoms with Crippen LogP contribution in [0.1, 0.15) is 30.1 Å². The molecule has 1 aliphatic heterocycles. The Balaban J connectivity index is 1.60. The van der Waals surface area contributed by atoms with Gasteiger partial charge >= 0.3 is 0 Å². The van der Waals surface area contributed by atoms with Crippen LogP contribution < -0.4 is 20.3 Å². The van der Waals surface area contributed by atoms with Gasteiger partial charge in [-0.1, -0.05) is 23.7 Å². The third-order valence-electron chi connectivity index (χ3n) is 4.82. The first-order valence-electron chi connectivity index (χ1n) is 10.1. The van der Waals surface area contributed by atoms with Crippen molar-refractivity contribution in [2.24, 2.45) is 0 Å². The summed E-state index contributed by atoms with van der Waals surface area (Å²) in [5, 5.41) is -0.0673. The van der Waals surface area contributed by atoms with Gasteiger partial charge in [-0.05, 0) is 50.1 Å². The van der Waals surface area contributed by atoms with Gasteiger partial charge in [-0.2, -0.15) is 0 Å². The summed E-state index contributed by atoms with van der Waals surface area (Å²) >= 11 is 6.04. The summed E-state index contributed by atoms with van der Waals surface area (Å²) in [6, 6.07) is 9.24. The minimum atomic E-state index is -4.00. The minimum Gasteiger partial charge on any atom is -0.478 e. The molecule has 1 fully saturated rings. The number of rotatable bonds is 8. The average Bonchev–Trinajstić information content (AvgIpc) is 3.31. The molecule has 2 unspecified atom stereocenters. The lowest BCUT2D eigenvalue weighted by Crippen LogP contribution is -2.47. The summed E-state index contributed by atoms with van der Waals surface area (Å²) < 4.78 is 52.0. The number of ether oxygens (including phenoxy) is 2. The maximum atomic E-state index is 13.7. The molecule has 2 atom stereocenters. The Morgan fingerprint density at radius 3 is 2.70 bits per heavy atom. The second kappa shape index (κ2) is 10.9. The van der Waals surface area contributed by atoms with Gasteiger partial charge in [0.05, 0.1) is 11.1 Å². The lowest BCUT2D eigenvalue weighted by Gasteiger charge is -2.16. The van der Waals surface area contributed by atoms with Crippen molar-refractivity contribution >= 4 is 33.4 Å². The minimum absolute atomic E-state index is 0.0557. The molecule has 3 rings (SSSR count). The Morgan fingerprint density at radius 2 is 2.00 bits per heavy atom. The van der Waals surface area contributed by atoms with Crippen LogP contribution in [0.3, 0.4) is 0 Å². The van der Waals surface area contributed by atoms with Crippen molar-refractivity contribution in [3.63, 3.8) is 0 Å². The van der Waals surface area contributed by atoms with E-state index in [0.29, 0.717) is 6.61 Å². The van der Waals surface area contributed by atoms with Gasteiger partial charge in [-0.15, -0.1) is 0 Å². The molecule has 0 radical (unpaired) electrons. The number of carbonyl (C=O) groups is 2. The Bertz CT molecular complexity index is 1120. The highest BCUT2D eigenvalue weighted by atomic mass is 35.5. The number of halogens is 2. The highest BCUT2D eigenvalue weighted by Crippen LogP contribution is 2.23. The molecule has 0 saturated carbocycles. The number of carbonyl (C=O) groups excluding carboxylic acids is 2. The van der Waals surface area contributed by atoms with E-state index in [1.807, 2.05) is 0 Å². The Morgan fingerprint density at radius 1 is 1.24 bits per heavy atom. The number of hydrogen-bond donors (Lipinski definition) is 3. The van der Waals surface area contributed by atoms with Crippen molar-refractivity contribution < 1.29 is 31.9 Å². The second-order valence-electron chi connectivity index (χ2n) is 7.27. The number of hydrazine groups is 1. The average molecular weight is 500 g/mol. The third kappa shape index (κ3) is 6.64. The van der Waals surface area contributed by atoms with Crippen molar-refractivity contribution in [2.45, 2.75) is 36.9 Å². The van der Waals surface area contributed by atoms with E-state index in [1.54, 1.807) is 6.07 Å². The van der Waals surface area contributed by atoms with Crippen LogP contribution in [0.4, 0.5) is 4.39 Å². The Hall–Kier alpha value is -2.73. The molecule has 0 bridgehead atoms. The van der Waals surface area contributed by atoms with Gasteiger partial charge in [0.25, 0.3) is 11.8 Å². The van der Waals surface area contributed by atoms with Crippen LogP contribution in [-0.2, 0) is 19.6 Å². The Labute approximate surface area is 195 Å². The smallest absolute Gasteiger partial charge is 0.279 e. The molecule has 33 heavy (non-hydrogen) atoms. The van der Waals surface area contributed by atoms with E-state index in [9.17, 15) is 22.4 Å². The molecule has 9 nitrogen and oxygen atoms in total. The fourth-order valence-corrected chi connectivity index (χ4v) is 4.60. The standard InChI is InChI=1S/C21H23ClFN3O6S/c1-13(32-18-7-3-2-6-17(18)23)20(27)25-26-21(28)14-8-9-16(22)19(11-14)33(29,30)24-12-15-5-4-10-31-15/h2-3,6-9,11,13,15,24H,4-5,10,12H2,1H3,(H,25,27)(H,26,28). The molecule has 0 aromatic heterocycles. The second-order valence-corrected chi connectivity index (χ2v) is 9.41. The normalized spacial score (nSPS) is 16.8. The fraction of sp³-hybridized carbons (Fsp3) is 0.333. The van der Waals surface area contributed by atoms with Crippen molar-refractivity contribution in [1.29, 1.82) is 0 Å². The molecule has 2 aromatic rings. The van der Waals surface area contributed by atoms with E-state index in [0.717, 1.165) is 18.9 Å². The van der Waals surface area contributed by atoms with E-state index in [-0.39, 0.29) is 33.9 Å². The number of sulfonamides is 1. The quantitative estimate of drug-likeness (QED) is 0.478. The van der Waals surface area contributed by atoms with E-state index in [1.165, 1.54) is 37.3 Å². The molecule has 0 aliphatic carbocycles. The molecule has 2 aromatic carbocycles. The summed E-state index contributed by atoms with van der Waals surface area (Å²) in [5.41, 5.74) is 4.26. The van der Waals surface area contributed by atoms with E-state index < -0.39 is 33.8 Å². The molecular weight excluding hydrogens is 477 g/mol. The number of amides is 2. The Kier molecular flexibility index (Phi) is 8.25. The van der Waals surface area contributed by atoms with Crippen molar-refractivity contribution in [1.82, 2.24) is 15.6 Å². The maximum absolute atomic E-state index is 13.7. The van der Waals surface area contributed by atoms with Gasteiger partial charge < -0.3 is 9.47 Å². The molecular formula is C21H23ClFN3O6S. The van der Waals surface area contributed by atoms with Crippen LogP contribution >= 0.6 is 11.6 Å². The largest absolute Gasteiger partial charge is 0.478 e. The third-order valence-corrected chi connectivity index (χ3v) is 6.72.